The molecule has 0 fully saturated rings. The first-order valence-electron chi connectivity index (χ1n) is 6.53. The fourth-order valence-corrected chi connectivity index (χ4v) is 2.85. The van der Waals surface area contributed by atoms with Crippen LogP contribution < -0.4 is 5.32 Å². The Bertz CT molecular complexity index is 564. The molecular weight excluding hydrogens is 272 g/mol. The Kier molecular flexibility index (Phi) is 5.26. The number of carbonyl (C=O) groups excluding carboxylic acids is 1. The number of ether oxygens (including phenoxy) is 1. The summed E-state index contributed by atoms with van der Waals surface area (Å²) in [7, 11) is 1.37. The zero-order chi connectivity index (χ0) is 14.4. The molecule has 106 valence electrons. The van der Waals surface area contributed by atoms with E-state index in [0.29, 0.717) is 12.1 Å². The zero-order valence-corrected chi connectivity index (χ0v) is 12.5. The molecule has 0 radical (unpaired) electrons. The van der Waals surface area contributed by atoms with E-state index in [1.165, 1.54) is 17.6 Å². The van der Waals surface area contributed by atoms with Crippen LogP contribution in [0.2, 0.25) is 0 Å². The highest BCUT2D eigenvalue weighted by molar-refractivity contribution is 7.10. The lowest BCUT2D eigenvalue weighted by molar-refractivity contribution is 0.0600. The van der Waals surface area contributed by atoms with E-state index < -0.39 is 0 Å². The Labute approximate surface area is 122 Å². The highest BCUT2D eigenvalue weighted by Crippen LogP contribution is 2.17. The van der Waals surface area contributed by atoms with E-state index in [4.69, 9.17) is 0 Å². The van der Waals surface area contributed by atoms with Crippen LogP contribution in [0.5, 0.6) is 0 Å². The summed E-state index contributed by atoms with van der Waals surface area (Å²) in [5.74, 6) is -0.358. The van der Waals surface area contributed by atoms with Gasteiger partial charge in [0.2, 0.25) is 0 Å². The quantitative estimate of drug-likeness (QED) is 0.831. The Morgan fingerprint density at radius 3 is 2.85 bits per heavy atom. The summed E-state index contributed by atoms with van der Waals surface area (Å²) in [6.45, 7) is 3.70. The number of thiophene rings is 1. The second-order valence-electron chi connectivity index (χ2n) is 4.36. The van der Waals surface area contributed by atoms with Crippen LogP contribution in [0.1, 0.15) is 33.4 Å². The van der Waals surface area contributed by atoms with Crippen LogP contribution in [-0.4, -0.2) is 18.1 Å². The molecule has 0 saturated heterocycles. The van der Waals surface area contributed by atoms with E-state index in [9.17, 15) is 4.79 Å². The van der Waals surface area contributed by atoms with Crippen LogP contribution in [0, 0.1) is 0 Å². The van der Waals surface area contributed by atoms with Gasteiger partial charge < -0.3 is 10.1 Å². The van der Waals surface area contributed by atoms with Crippen LogP contribution in [0.3, 0.4) is 0 Å². The maximum atomic E-state index is 11.3. The Hall–Kier alpha value is -1.72. The normalized spacial score (nSPS) is 10.5. The number of aromatic nitrogens is 1. The summed E-state index contributed by atoms with van der Waals surface area (Å²) in [5.41, 5.74) is 2.78. The number of rotatable bonds is 6. The molecule has 5 heteroatoms. The summed E-state index contributed by atoms with van der Waals surface area (Å²) in [6.07, 6.45) is 2.61. The molecule has 0 unspecified atom stereocenters. The lowest BCUT2D eigenvalue weighted by Crippen LogP contribution is -2.14. The Morgan fingerprint density at radius 1 is 1.35 bits per heavy atom. The number of aryl methyl sites for hydroxylation is 1. The van der Waals surface area contributed by atoms with Crippen LogP contribution in [0.15, 0.2) is 29.8 Å². The predicted molar refractivity (Wildman–Crippen MR) is 79.8 cm³/mol. The minimum atomic E-state index is -0.358. The number of carbonyl (C=O) groups is 1. The molecule has 0 aliphatic carbocycles. The van der Waals surface area contributed by atoms with E-state index in [2.05, 4.69) is 33.4 Å². The van der Waals surface area contributed by atoms with Gasteiger partial charge in [-0.2, -0.15) is 0 Å². The average molecular weight is 290 g/mol. The molecule has 2 aromatic heterocycles. The first kappa shape index (κ1) is 14.7. The van der Waals surface area contributed by atoms with Crippen LogP contribution >= 0.6 is 11.3 Å². The minimum Gasteiger partial charge on any atom is -0.465 e. The third kappa shape index (κ3) is 3.65. The fourth-order valence-electron chi connectivity index (χ4n) is 1.91. The number of hydrogen-bond donors (Lipinski definition) is 1. The summed E-state index contributed by atoms with van der Waals surface area (Å²) in [5, 5.41) is 5.50. The van der Waals surface area contributed by atoms with Gasteiger partial charge in [-0.05, 0) is 35.6 Å². The van der Waals surface area contributed by atoms with Crippen molar-refractivity contribution in [3.8, 4) is 0 Å². The van der Waals surface area contributed by atoms with E-state index in [0.717, 1.165) is 18.7 Å². The molecule has 0 bridgehead atoms. The van der Waals surface area contributed by atoms with Gasteiger partial charge in [0.25, 0.3) is 0 Å². The molecule has 0 aliphatic heterocycles. The van der Waals surface area contributed by atoms with Crippen molar-refractivity contribution in [1.29, 1.82) is 0 Å². The predicted octanol–water partition coefficient (Wildman–Crippen LogP) is 2.78. The molecule has 4 nitrogen and oxygen atoms in total. The smallest absolute Gasteiger partial charge is 0.339 e. The van der Waals surface area contributed by atoms with Crippen molar-refractivity contribution in [1.82, 2.24) is 10.3 Å². The molecule has 0 aliphatic rings. The molecule has 1 N–H and O–H groups in total. The largest absolute Gasteiger partial charge is 0.465 e. The molecule has 0 aromatic carbocycles. The Morgan fingerprint density at radius 2 is 2.20 bits per heavy atom. The topological polar surface area (TPSA) is 51.2 Å². The molecule has 0 saturated carbocycles. The lowest BCUT2D eigenvalue weighted by Gasteiger charge is -2.05. The number of esters is 1. The van der Waals surface area contributed by atoms with Gasteiger partial charge in [0.05, 0.1) is 18.4 Å². The van der Waals surface area contributed by atoms with E-state index >= 15 is 0 Å². The minimum absolute atomic E-state index is 0.358. The van der Waals surface area contributed by atoms with Crippen molar-refractivity contribution in [2.45, 2.75) is 26.4 Å². The maximum Gasteiger partial charge on any atom is 0.339 e. The van der Waals surface area contributed by atoms with E-state index in [1.54, 1.807) is 23.6 Å². The maximum absolute atomic E-state index is 11.3. The number of methoxy groups -OCH3 is 1. The van der Waals surface area contributed by atoms with Crippen LogP contribution in [0.25, 0.3) is 0 Å². The average Bonchev–Trinajstić information content (AvgIpc) is 2.94. The summed E-state index contributed by atoms with van der Waals surface area (Å²) >= 11 is 1.77. The first-order valence-corrected chi connectivity index (χ1v) is 7.41. The highest BCUT2D eigenvalue weighted by Gasteiger charge is 2.06. The van der Waals surface area contributed by atoms with Crippen LogP contribution in [-0.2, 0) is 24.2 Å². The molecular formula is C15H18N2O2S. The molecule has 0 atom stereocenters. The monoisotopic (exact) mass is 290 g/mol. The number of hydrogen-bond acceptors (Lipinski definition) is 5. The Balaban J connectivity index is 1.87. The van der Waals surface area contributed by atoms with Crippen molar-refractivity contribution < 1.29 is 9.53 Å². The molecule has 2 heterocycles. The van der Waals surface area contributed by atoms with Crippen molar-refractivity contribution in [2.24, 2.45) is 0 Å². The van der Waals surface area contributed by atoms with E-state index in [1.807, 2.05) is 6.07 Å². The lowest BCUT2D eigenvalue weighted by atomic mass is 10.2. The van der Waals surface area contributed by atoms with Gasteiger partial charge in [0, 0.05) is 24.2 Å². The molecule has 20 heavy (non-hydrogen) atoms. The summed E-state index contributed by atoms with van der Waals surface area (Å²) in [4.78, 5) is 16.9. The third-order valence-electron chi connectivity index (χ3n) is 3.06. The molecule has 2 rings (SSSR count). The second kappa shape index (κ2) is 7.17. The van der Waals surface area contributed by atoms with Gasteiger partial charge in [-0.15, -0.1) is 11.3 Å². The van der Waals surface area contributed by atoms with Gasteiger partial charge in [-0.25, -0.2) is 4.79 Å². The number of pyridine rings is 1. The molecule has 2 aromatic rings. The van der Waals surface area contributed by atoms with Crippen molar-refractivity contribution in [3.05, 3.63) is 51.5 Å². The third-order valence-corrected chi connectivity index (χ3v) is 4.02. The van der Waals surface area contributed by atoms with Gasteiger partial charge in [-0.1, -0.05) is 6.92 Å². The number of nitrogens with one attached hydrogen (secondary N) is 1. The molecule has 0 amide bonds. The van der Waals surface area contributed by atoms with Gasteiger partial charge in [-0.3, -0.25) is 4.98 Å². The summed E-state index contributed by atoms with van der Waals surface area (Å²) < 4.78 is 4.64. The fraction of sp³-hybridized carbons (Fsp3) is 0.333. The number of nitrogens with zero attached hydrogens (tertiary/aromatic N) is 1. The van der Waals surface area contributed by atoms with Gasteiger partial charge >= 0.3 is 5.97 Å². The van der Waals surface area contributed by atoms with E-state index in [-0.39, 0.29) is 5.97 Å². The summed E-state index contributed by atoms with van der Waals surface area (Å²) in [6, 6.07) is 5.75. The van der Waals surface area contributed by atoms with Gasteiger partial charge in [0.15, 0.2) is 0 Å². The zero-order valence-electron chi connectivity index (χ0n) is 11.7. The van der Waals surface area contributed by atoms with Crippen molar-refractivity contribution in [2.75, 3.05) is 7.11 Å². The van der Waals surface area contributed by atoms with Crippen molar-refractivity contribution in [3.63, 3.8) is 0 Å². The SMILES string of the molecule is CCc1ccsc1CNCc1ccc(C(=O)OC)cn1. The molecule has 0 spiro atoms. The standard InChI is InChI=1S/C15H18N2O2S/c1-3-11-6-7-20-14(11)10-16-9-13-5-4-12(8-17-13)15(18)19-2/h4-8,16H,3,9-10H2,1-2H3. The van der Waals surface area contributed by atoms with Crippen LogP contribution in [0.4, 0.5) is 0 Å². The van der Waals surface area contributed by atoms with Crippen molar-refractivity contribution >= 4 is 17.3 Å². The second-order valence-corrected chi connectivity index (χ2v) is 5.36. The van der Waals surface area contributed by atoms with Gasteiger partial charge in [0.1, 0.15) is 0 Å². The first-order chi connectivity index (χ1) is 9.74. The highest BCUT2D eigenvalue weighted by atomic mass is 32.1.